The summed E-state index contributed by atoms with van der Waals surface area (Å²) in [7, 11) is 0. The molecule has 0 saturated carbocycles. The Morgan fingerprint density at radius 3 is 2.40 bits per heavy atom. The van der Waals surface area contributed by atoms with E-state index in [-0.39, 0.29) is 11.2 Å². The number of amides is 1. The first-order valence-corrected chi connectivity index (χ1v) is 7.67. The fourth-order valence-corrected chi connectivity index (χ4v) is 2.74. The lowest BCUT2D eigenvalue weighted by Gasteiger charge is -2.12. The average molecular weight is 326 g/mol. The molecule has 0 spiro atoms. The van der Waals surface area contributed by atoms with Crippen LogP contribution in [0.5, 0.6) is 0 Å². The van der Waals surface area contributed by atoms with E-state index in [1.54, 1.807) is 12.1 Å². The molecule has 2 rings (SSSR count). The van der Waals surface area contributed by atoms with Crippen LogP contribution in [0.15, 0.2) is 53.4 Å². The van der Waals surface area contributed by atoms with Crippen LogP contribution in [0.3, 0.4) is 0 Å². The van der Waals surface area contributed by atoms with E-state index in [9.17, 15) is 4.79 Å². The Balaban J connectivity index is 1.99. The predicted molar refractivity (Wildman–Crippen MR) is 86.9 cm³/mol. The molecular formula is C15H13Cl2NOS. The van der Waals surface area contributed by atoms with Crippen molar-refractivity contribution in [2.45, 2.75) is 17.1 Å². The number of thioether (sulfide) groups is 1. The molecule has 20 heavy (non-hydrogen) atoms. The molecule has 0 aliphatic carbocycles. The van der Waals surface area contributed by atoms with Crippen LogP contribution in [-0.2, 0) is 4.79 Å². The van der Waals surface area contributed by atoms with E-state index in [0.717, 1.165) is 4.90 Å². The van der Waals surface area contributed by atoms with Gasteiger partial charge in [0, 0.05) is 9.92 Å². The van der Waals surface area contributed by atoms with Gasteiger partial charge in [0.25, 0.3) is 0 Å². The Kier molecular flexibility index (Phi) is 5.35. The largest absolute Gasteiger partial charge is 0.324 e. The van der Waals surface area contributed by atoms with Crippen LogP contribution < -0.4 is 5.32 Å². The second-order valence-electron chi connectivity index (χ2n) is 4.18. The van der Waals surface area contributed by atoms with Crippen LogP contribution >= 0.6 is 35.0 Å². The highest BCUT2D eigenvalue weighted by Crippen LogP contribution is 2.27. The minimum Gasteiger partial charge on any atom is -0.324 e. The van der Waals surface area contributed by atoms with E-state index in [4.69, 9.17) is 23.2 Å². The molecule has 2 aromatic carbocycles. The number of halogens is 2. The summed E-state index contributed by atoms with van der Waals surface area (Å²) in [5.41, 5.74) is 0.628. The van der Waals surface area contributed by atoms with Crippen molar-refractivity contribution < 1.29 is 4.79 Å². The number of hydrogen-bond acceptors (Lipinski definition) is 2. The van der Waals surface area contributed by atoms with Crippen molar-refractivity contribution in [2.75, 3.05) is 5.32 Å². The van der Waals surface area contributed by atoms with Gasteiger partial charge in [-0.15, -0.1) is 11.8 Å². The number of rotatable bonds is 4. The maximum absolute atomic E-state index is 12.1. The Hall–Kier alpha value is -1.16. The number of para-hydroxylation sites is 1. The van der Waals surface area contributed by atoms with Gasteiger partial charge in [-0.05, 0) is 43.3 Å². The Labute approximate surface area is 132 Å². The lowest BCUT2D eigenvalue weighted by molar-refractivity contribution is -0.115. The molecule has 0 bridgehead atoms. The number of anilines is 1. The maximum atomic E-state index is 12.1. The van der Waals surface area contributed by atoms with Crippen LogP contribution in [0.4, 0.5) is 5.69 Å². The number of hydrogen-bond donors (Lipinski definition) is 1. The van der Waals surface area contributed by atoms with Gasteiger partial charge in [0.2, 0.25) is 5.91 Å². The summed E-state index contributed by atoms with van der Waals surface area (Å²) >= 11 is 13.3. The zero-order valence-corrected chi connectivity index (χ0v) is 13.1. The Morgan fingerprint density at radius 1 is 1.10 bits per heavy atom. The molecule has 0 radical (unpaired) electrons. The second kappa shape index (κ2) is 7.02. The molecule has 0 unspecified atom stereocenters. The summed E-state index contributed by atoms with van der Waals surface area (Å²) in [6, 6.07) is 14.6. The normalized spacial score (nSPS) is 11.9. The highest BCUT2D eigenvalue weighted by molar-refractivity contribution is 8.00. The summed E-state index contributed by atoms with van der Waals surface area (Å²) in [5, 5.41) is 3.81. The van der Waals surface area contributed by atoms with Crippen molar-refractivity contribution in [1.82, 2.24) is 0 Å². The molecule has 2 aromatic rings. The van der Waals surface area contributed by atoms with Gasteiger partial charge in [-0.1, -0.05) is 35.3 Å². The molecule has 104 valence electrons. The molecule has 0 aliphatic rings. The Morgan fingerprint density at radius 2 is 1.75 bits per heavy atom. The van der Waals surface area contributed by atoms with E-state index in [2.05, 4.69) is 5.32 Å². The molecule has 0 saturated heterocycles. The molecule has 0 fully saturated rings. The van der Waals surface area contributed by atoms with E-state index in [1.807, 2.05) is 43.3 Å². The van der Waals surface area contributed by atoms with Gasteiger partial charge >= 0.3 is 0 Å². The van der Waals surface area contributed by atoms with Gasteiger partial charge in [-0.3, -0.25) is 4.79 Å². The fourth-order valence-electron chi connectivity index (χ4n) is 1.57. The smallest absolute Gasteiger partial charge is 0.237 e. The zero-order chi connectivity index (χ0) is 14.5. The summed E-state index contributed by atoms with van der Waals surface area (Å²) < 4.78 is 0. The summed E-state index contributed by atoms with van der Waals surface area (Å²) in [4.78, 5) is 13.1. The summed E-state index contributed by atoms with van der Waals surface area (Å²) in [5.74, 6) is -0.0851. The third-order valence-corrected chi connectivity index (χ3v) is 4.32. The standard InChI is InChI=1S/C15H13Cl2NOS/c1-10(20-12-8-6-11(16)7-9-12)15(19)18-14-5-3-2-4-13(14)17/h2-10H,1H3,(H,18,19)/t10-/m0/s1. The lowest BCUT2D eigenvalue weighted by atomic mass is 10.3. The Bertz CT molecular complexity index is 601. The van der Waals surface area contributed by atoms with Crippen molar-refractivity contribution in [3.8, 4) is 0 Å². The maximum Gasteiger partial charge on any atom is 0.237 e. The first-order valence-electron chi connectivity index (χ1n) is 6.04. The van der Waals surface area contributed by atoms with Gasteiger partial charge in [0.05, 0.1) is 16.0 Å². The minimum absolute atomic E-state index is 0.0851. The first-order chi connectivity index (χ1) is 9.56. The second-order valence-corrected chi connectivity index (χ2v) is 6.44. The van der Waals surface area contributed by atoms with Crippen LogP contribution in [-0.4, -0.2) is 11.2 Å². The minimum atomic E-state index is -0.229. The first kappa shape index (κ1) is 15.2. The average Bonchev–Trinajstić information content (AvgIpc) is 2.44. The lowest BCUT2D eigenvalue weighted by Crippen LogP contribution is -2.22. The molecule has 0 aromatic heterocycles. The van der Waals surface area contributed by atoms with E-state index in [0.29, 0.717) is 15.7 Å². The van der Waals surface area contributed by atoms with Crippen LogP contribution in [0, 0.1) is 0 Å². The molecule has 2 nitrogen and oxygen atoms in total. The van der Waals surface area contributed by atoms with Crippen LogP contribution in [0.2, 0.25) is 10.0 Å². The van der Waals surface area contributed by atoms with Gasteiger partial charge in [0.15, 0.2) is 0 Å². The predicted octanol–water partition coefficient (Wildman–Crippen LogP) is 5.11. The number of carbonyl (C=O) groups is 1. The van der Waals surface area contributed by atoms with Crippen LogP contribution in [0.25, 0.3) is 0 Å². The van der Waals surface area contributed by atoms with E-state index in [1.165, 1.54) is 11.8 Å². The van der Waals surface area contributed by atoms with Crippen LogP contribution in [0.1, 0.15) is 6.92 Å². The van der Waals surface area contributed by atoms with Gasteiger partial charge in [-0.2, -0.15) is 0 Å². The number of nitrogens with one attached hydrogen (secondary N) is 1. The fraction of sp³-hybridized carbons (Fsp3) is 0.133. The van der Waals surface area contributed by atoms with Gasteiger partial charge in [0.1, 0.15) is 0 Å². The van der Waals surface area contributed by atoms with Gasteiger partial charge < -0.3 is 5.32 Å². The summed E-state index contributed by atoms with van der Waals surface area (Å²) in [6.07, 6.45) is 0. The highest BCUT2D eigenvalue weighted by Gasteiger charge is 2.15. The SMILES string of the molecule is C[C@H](Sc1ccc(Cl)cc1)C(=O)Nc1ccccc1Cl. The van der Waals surface area contributed by atoms with E-state index >= 15 is 0 Å². The quantitative estimate of drug-likeness (QED) is 0.791. The van der Waals surface area contributed by atoms with Crippen molar-refractivity contribution in [2.24, 2.45) is 0 Å². The van der Waals surface area contributed by atoms with Crippen molar-refractivity contribution in [3.63, 3.8) is 0 Å². The molecule has 0 heterocycles. The molecule has 5 heteroatoms. The van der Waals surface area contributed by atoms with Gasteiger partial charge in [-0.25, -0.2) is 0 Å². The van der Waals surface area contributed by atoms with Crippen molar-refractivity contribution in [1.29, 1.82) is 0 Å². The zero-order valence-electron chi connectivity index (χ0n) is 10.8. The topological polar surface area (TPSA) is 29.1 Å². The third-order valence-electron chi connectivity index (χ3n) is 2.63. The molecule has 1 N–H and O–H groups in total. The monoisotopic (exact) mass is 325 g/mol. The molecule has 0 aliphatic heterocycles. The third kappa shape index (κ3) is 4.17. The van der Waals surface area contributed by atoms with E-state index < -0.39 is 0 Å². The number of benzene rings is 2. The highest BCUT2D eigenvalue weighted by atomic mass is 35.5. The number of carbonyl (C=O) groups excluding carboxylic acids is 1. The van der Waals surface area contributed by atoms with Crippen molar-refractivity contribution >= 4 is 46.6 Å². The summed E-state index contributed by atoms with van der Waals surface area (Å²) in [6.45, 7) is 1.85. The molecular weight excluding hydrogens is 313 g/mol. The molecule has 1 atom stereocenters. The van der Waals surface area contributed by atoms with Crippen molar-refractivity contribution in [3.05, 3.63) is 58.6 Å². The molecule has 1 amide bonds.